The highest BCUT2D eigenvalue weighted by Crippen LogP contribution is 2.37. The molecule has 2 nitrogen and oxygen atoms in total. The summed E-state index contributed by atoms with van der Waals surface area (Å²) in [6, 6.07) is 4.49. The quantitative estimate of drug-likeness (QED) is 0.909. The lowest BCUT2D eigenvalue weighted by molar-refractivity contribution is 0.404. The first-order chi connectivity index (χ1) is 8.63. The van der Waals surface area contributed by atoms with E-state index in [9.17, 15) is 0 Å². The van der Waals surface area contributed by atoms with Gasteiger partial charge in [0.05, 0.1) is 7.11 Å². The second kappa shape index (κ2) is 6.07. The minimum Gasteiger partial charge on any atom is -0.496 e. The number of piperidine rings is 1. The molecule has 1 heterocycles. The summed E-state index contributed by atoms with van der Waals surface area (Å²) in [6.45, 7) is 6.63. The van der Waals surface area contributed by atoms with Crippen molar-refractivity contribution in [3.05, 3.63) is 27.7 Å². The van der Waals surface area contributed by atoms with E-state index in [1.54, 1.807) is 7.11 Å². The van der Waals surface area contributed by atoms with Gasteiger partial charge in [0.15, 0.2) is 0 Å². The van der Waals surface area contributed by atoms with Gasteiger partial charge in [-0.05, 0) is 48.9 Å². The smallest absolute Gasteiger partial charge is 0.123 e. The summed E-state index contributed by atoms with van der Waals surface area (Å²) in [5.74, 6) is 2.10. The van der Waals surface area contributed by atoms with Gasteiger partial charge in [-0.2, -0.15) is 0 Å². The molecule has 1 N–H and O–H groups in total. The molecule has 0 saturated carbocycles. The number of methoxy groups -OCH3 is 1. The van der Waals surface area contributed by atoms with Crippen LogP contribution in [0.5, 0.6) is 5.75 Å². The Morgan fingerprint density at radius 3 is 2.72 bits per heavy atom. The Morgan fingerprint density at radius 1 is 1.39 bits per heavy atom. The van der Waals surface area contributed by atoms with Gasteiger partial charge in [0.2, 0.25) is 0 Å². The van der Waals surface area contributed by atoms with Crippen LogP contribution in [0.15, 0.2) is 16.6 Å². The number of hydrogen-bond donors (Lipinski definition) is 1. The Bertz CT molecular complexity index is 411. The summed E-state index contributed by atoms with van der Waals surface area (Å²) in [6.07, 6.45) is 2.53. The first kappa shape index (κ1) is 13.9. The molecule has 1 fully saturated rings. The maximum atomic E-state index is 5.57. The molecule has 100 valence electrons. The molecule has 0 spiro atoms. The molecule has 1 aromatic carbocycles. The largest absolute Gasteiger partial charge is 0.496 e. The summed E-state index contributed by atoms with van der Waals surface area (Å²) in [7, 11) is 1.76. The lowest BCUT2D eigenvalue weighted by Crippen LogP contribution is -2.28. The van der Waals surface area contributed by atoms with Crippen molar-refractivity contribution < 1.29 is 4.74 Å². The van der Waals surface area contributed by atoms with Crippen molar-refractivity contribution in [1.82, 2.24) is 5.32 Å². The zero-order valence-electron chi connectivity index (χ0n) is 11.4. The van der Waals surface area contributed by atoms with Crippen molar-refractivity contribution in [3.8, 4) is 5.75 Å². The lowest BCUT2D eigenvalue weighted by Gasteiger charge is -2.25. The van der Waals surface area contributed by atoms with E-state index in [-0.39, 0.29) is 0 Å². The molecule has 18 heavy (non-hydrogen) atoms. The molecular formula is C15H22BrNO. The maximum absolute atomic E-state index is 5.57. The zero-order chi connectivity index (χ0) is 13.1. The van der Waals surface area contributed by atoms with Crippen LogP contribution in [-0.4, -0.2) is 20.2 Å². The predicted molar refractivity (Wildman–Crippen MR) is 79.6 cm³/mol. The van der Waals surface area contributed by atoms with E-state index < -0.39 is 0 Å². The van der Waals surface area contributed by atoms with Crippen molar-refractivity contribution in [3.63, 3.8) is 0 Å². The second-order valence-corrected chi connectivity index (χ2v) is 6.17. The van der Waals surface area contributed by atoms with Crippen molar-refractivity contribution in [2.45, 2.75) is 38.5 Å². The minimum absolute atomic E-state index is 0.466. The Balaban J connectivity index is 2.35. The van der Waals surface area contributed by atoms with Gasteiger partial charge in [0.25, 0.3) is 0 Å². The van der Waals surface area contributed by atoms with Gasteiger partial charge in [0, 0.05) is 16.6 Å². The average molecular weight is 312 g/mol. The van der Waals surface area contributed by atoms with Crippen molar-refractivity contribution in [1.29, 1.82) is 0 Å². The van der Waals surface area contributed by atoms with Crippen molar-refractivity contribution in [2.24, 2.45) is 0 Å². The monoisotopic (exact) mass is 311 g/mol. The highest BCUT2D eigenvalue weighted by Gasteiger charge is 2.19. The molecule has 0 aromatic heterocycles. The van der Waals surface area contributed by atoms with E-state index >= 15 is 0 Å². The van der Waals surface area contributed by atoms with Gasteiger partial charge in [-0.25, -0.2) is 0 Å². The molecule has 3 heteroatoms. The Labute approximate surface area is 118 Å². The standard InChI is InChI=1S/C15H22BrNO/c1-10(2)15-13(16)7-12(8-14(15)18-3)11-5-4-6-17-9-11/h7-8,10-11,17H,4-6,9H2,1-3H3. The van der Waals surface area contributed by atoms with Crippen LogP contribution < -0.4 is 10.1 Å². The van der Waals surface area contributed by atoms with Crippen LogP contribution in [0.4, 0.5) is 0 Å². The van der Waals surface area contributed by atoms with Crippen LogP contribution in [0.2, 0.25) is 0 Å². The van der Waals surface area contributed by atoms with Crippen LogP contribution in [0.1, 0.15) is 49.7 Å². The molecule has 1 aromatic rings. The highest BCUT2D eigenvalue weighted by molar-refractivity contribution is 9.10. The SMILES string of the molecule is COc1cc(C2CCCNC2)cc(Br)c1C(C)C. The topological polar surface area (TPSA) is 21.3 Å². The number of halogens is 1. The maximum Gasteiger partial charge on any atom is 0.123 e. The third kappa shape index (κ3) is 2.89. The van der Waals surface area contributed by atoms with E-state index in [2.05, 4.69) is 47.2 Å². The number of hydrogen-bond acceptors (Lipinski definition) is 2. The molecular weight excluding hydrogens is 290 g/mol. The Hall–Kier alpha value is -0.540. The molecule has 1 unspecified atom stereocenters. The molecule has 0 amide bonds. The summed E-state index contributed by atoms with van der Waals surface area (Å²) >= 11 is 3.71. The van der Waals surface area contributed by atoms with Crippen LogP contribution in [0.3, 0.4) is 0 Å². The molecule has 1 aliphatic heterocycles. The van der Waals surface area contributed by atoms with Crippen LogP contribution in [0, 0.1) is 0 Å². The van der Waals surface area contributed by atoms with Gasteiger partial charge in [0.1, 0.15) is 5.75 Å². The van der Waals surface area contributed by atoms with E-state index in [4.69, 9.17) is 4.74 Å². The molecule has 0 bridgehead atoms. The van der Waals surface area contributed by atoms with E-state index in [1.165, 1.54) is 28.4 Å². The third-order valence-corrected chi connectivity index (χ3v) is 4.34. The van der Waals surface area contributed by atoms with Crippen LogP contribution >= 0.6 is 15.9 Å². The Kier molecular flexibility index (Phi) is 4.68. The van der Waals surface area contributed by atoms with E-state index in [0.717, 1.165) is 18.8 Å². The average Bonchev–Trinajstić information content (AvgIpc) is 2.38. The minimum atomic E-state index is 0.466. The van der Waals surface area contributed by atoms with Crippen LogP contribution in [-0.2, 0) is 0 Å². The molecule has 1 saturated heterocycles. The fourth-order valence-electron chi connectivity index (χ4n) is 2.71. The van der Waals surface area contributed by atoms with Gasteiger partial charge >= 0.3 is 0 Å². The lowest BCUT2D eigenvalue weighted by atomic mass is 9.89. The fraction of sp³-hybridized carbons (Fsp3) is 0.600. The fourth-order valence-corrected chi connectivity index (χ4v) is 3.63. The number of rotatable bonds is 3. The van der Waals surface area contributed by atoms with Gasteiger partial charge < -0.3 is 10.1 Å². The number of benzene rings is 1. The third-order valence-electron chi connectivity index (χ3n) is 3.68. The summed E-state index contributed by atoms with van der Waals surface area (Å²) in [5, 5.41) is 3.47. The predicted octanol–water partition coefficient (Wildman–Crippen LogP) is 4.05. The van der Waals surface area contributed by atoms with E-state index in [0.29, 0.717) is 11.8 Å². The zero-order valence-corrected chi connectivity index (χ0v) is 13.0. The molecule has 0 aliphatic carbocycles. The second-order valence-electron chi connectivity index (χ2n) is 5.32. The summed E-state index contributed by atoms with van der Waals surface area (Å²) < 4.78 is 6.75. The highest BCUT2D eigenvalue weighted by atomic mass is 79.9. The van der Waals surface area contributed by atoms with Crippen LogP contribution in [0.25, 0.3) is 0 Å². The first-order valence-corrected chi connectivity index (χ1v) is 7.50. The van der Waals surface area contributed by atoms with Crippen molar-refractivity contribution >= 4 is 15.9 Å². The summed E-state index contributed by atoms with van der Waals surface area (Å²) in [4.78, 5) is 0. The van der Waals surface area contributed by atoms with E-state index in [1.807, 2.05) is 0 Å². The number of ether oxygens (including phenoxy) is 1. The normalized spacial score (nSPS) is 20.2. The van der Waals surface area contributed by atoms with Gasteiger partial charge in [-0.3, -0.25) is 0 Å². The van der Waals surface area contributed by atoms with Crippen molar-refractivity contribution in [2.75, 3.05) is 20.2 Å². The first-order valence-electron chi connectivity index (χ1n) is 6.71. The summed E-state index contributed by atoms with van der Waals surface area (Å²) in [5.41, 5.74) is 2.65. The molecule has 1 atom stereocenters. The molecule has 0 radical (unpaired) electrons. The molecule has 2 rings (SSSR count). The van der Waals surface area contributed by atoms with Gasteiger partial charge in [-0.15, -0.1) is 0 Å². The molecule has 1 aliphatic rings. The Morgan fingerprint density at radius 2 is 2.17 bits per heavy atom. The number of nitrogens with one attached hydrogen (secondary N) is 1. The van der Waals surface area contributed by atoms with Gasteiger partial charge in [-0.1, -0.05) is 29.8 Å².